The van der Waals surface area contributed by atoms with Crippen LogP contribution in [0.4, 0.5) is 5.13 Å². The Hall–Kier alpha value is -3.23. The molecular weight excluding hydrogens is 478 g/mol. The van der Waals surface area contributed by atoms with Crippen LogP contribution >= 0.6 is 27.3 Å². The smallest absolute Gasteiger partial charge is 0.287 e. The van der Waals surface area contributed by atoms with Crippen LogP contribution in [0.2, 0.25) is 0 Å². The van der Waals surface area contributed by atoms with Gasteiger partial charge in [0.2, 0.25) is 5.13 Å². The fourth-order valence-corrected chi connectivity index (χ4v) is 4.23. The third kappa shape index (κ3) is 5.28. The Morgan fingerprint density at radius 2 is 1.87 bits per heavy atom. The van der Waals surface area contributed by atoms with Gasteiger partial charge in [0.1, 0.15) is 11.5 Å². The number of fused-ring (bicyclic) bond motifs is 1. The molecule has 0 saturated heterocycles. The van der Waals surface area contributed by atoms with Gasteiger partial charge in [-0.2, -0.15) is 10.1 Å². The monoisotopic (exact) mass is 495 g/mol. The zero-order chi connectivity index (χ0) is 21.6. The number of rotatable bonds is 7. The van der Waals surface area contributed by atoms with Crippen molar-refractivity contribution in [1.29, 1.82) is 0 Å². The van der Waals surface area contributed by atoms with Crippen LogP contribution < -0.4 is 14.5 Å². The Morgan fingerprint density at radius 3 is 2.61 bits per heavy atom. The van der Waals surface area contributed by atoms with Crippen LogP contribution in [0, 0.1) is 0 Å². The second-order valence-corrected chi connectivity index (χ2v) is 8.36. The predicted octanol–water partition coefficient (Wildman–Crippen LogP) is 5.51. The molecule has 0 fully saturated rings. The summed E-state index contributed by atoms with van der Waals surface area (Å²) < 4.78 is 12.7. The van der Waals surface area contributed by atoms with Crippen LogP contribution in [-0.4, -0.2) is 30.8 Å². The standard InChI is InChI=1S/C23H18BrN3O3S/c1-29-18-10-7-16(8-11-18)14-25-27(22(28)15-30-19-5-3-2-4-6-19)23-26-20-12-9-17(24)13-21(20)31-23/h2-14H,15H2,1H3/b25-14+. The number of carbonyl (C=O) groups excluding carboxylic acids is 1. The fraction of sp³-hybridized carbons (Fsp3) is 0.0870. The van der Waals surface area contributed by atoms with Gasteiger partial charge in [-0.15, -0.1) is 0 Å². The van der Waals surface area contributed by atoms with Gasteiger partial charge in [-0.1, -0.05) is 45.5 Å². The molecule has 0 spiro atoms. The van der Waals surface area contributed by atoms with Gasteiger partial charge in [0.05, 0.1) is 23.5 Å². The number of ether oxygens (including phenoxy) is 2. The fourth-order valence-electron chi connectivity index (χ4n) is 2.73. The Bertz CT molecular complexity index is 1210. The summed E-state index contributed by atoms with van der Waals surface area (Å²) in [4.78, 5) is 17.6. The van der Waals surface area contributed by atoms with Crippen LogP contribution in [0.25, 0.3) is 10.2 Å². The summed E-state index contributed by atoms with van der Waals surface area (Å²) in [5, 5.41) is 6.18. The Morgan fingerprint density at radius 1 is 1.10 bits per heavy atom. The van der Waals surface area contributed by atoms with Crippen molar-refractivity contribution in [2.45, 2.75) is 0 Å². The molecule has 0 atom stereocenters. The summed E-state index contributed by atoms with van der Waals surface area (Å²) in [7, 11) is 1.61. The molecule has 0 unspecified atom stereocenters. The van der Waals surface area contributed by atoms with E-state index in [1.807, 2.05) is 60.7 Å². The number of hydrazone groups is 1. The molecule has 4 aromatic rings. The van der Waals surface area contributed by atoms with Crippen molar-refractivity contribution < 1.29 is 14.3 Å². The molecule has 1 amide bonds. The highest BCUT2D eigenvalue weighted by atomic mass is 79.9. The molecule has 0 aliphatic heterocycles. The van der Waals surface area contributed by atoms with E-state index in [-0.39, 0.29) is 12.5 Å². The maximum absolute atomic E-state index is 13.0. The summed E-state index contributed by atoms with van der Waals surface area (Å²) in [6.07, 6.45) is 1.61. The molecule has 6 nitrogen and oxygen atoms in total. The zero-order valence-corrected chi connectivity index (χ0v) is 19.0. The van der Waals surface area contributed by atoms with Crippen LogP contribution in [0.5, 0.6) is 11.5 Å². The number of benzene rings is 3. The van der Waals surface area contributed by atoms with E-state index >= 15 is 0 Å². The van der Waals surface area contributed by atoms with E-state index in [0.29, 0.717) is 10.9 Å². The SMILES string of the molecule is COc1ccc(/C=N/N(C(=O)COc2ccccc2)c2nc3ccc(Br)cc3s2)cc1. The number of methoxy groups -OCH3 is 1. The first kappa shape index (κ1) is 21.0. The molecule has 1 aromatic heterocycles. The molecule has 8 heteroatoms. The molecule has 156 valence electrons. The maximum atomic E-state index is 13.0. The molecule has 0 bridgehead atoms. The van der Waals surface area contributed by atoms with Gasteiger partial charge in [-0.05, 0) is 60.2 Å². The third-order valence-corrected chi connectivity index (χ3v) is 5.79. The van der Waals surface area contributed by atoms with Gasteiger partial charge in [-0.25, -0.2) is 4.98 Å². The van der Waals surface area contributed by atoms with Crippen LogP contribution in [0.1, 0.15) is 5.56 Å². The quantitative estimate of drug-likeness (QED) is 0.250. The lowest BCUT2D eigenvalue weighted by molar-refractivity contribution is -0.120. The van der Waals surface area contributed by atoms with Gasteiger partial charge >= 0.3 is 0 Å². The topological polar surface area (TPSA) is 64.0 Å². The number of halogens is 1. The zero-order valence-electron chi connectivity index (χ0n) is 16.6. The van der Waals surface area contributed by atoms with Gasteiger partial charge in [0, 0.05) is 4.47 Å². The number of aromatic nitrogens is 1. The number of anilines is 1. The number of para-hydroxylation sites is 1. The van der Waals surface area contributed by atoms with E-state index in [9.17, 15) is 4.79 Å². The molecular formula is C23H18BrN3O3S. The van der Waals surface area contributed by atoms with Crippen LogP contribution in [0.15, 0.2) is 82.4 Å². The molecule has 4 rings (SSSR count). The van der Waals surface area contributed by atoms with Gasteiger partial charge < -0.3 is 9.47 Å². The third-order valence-electron chi connectivity index (χ3n) is 4.30. The first-order valence-corrected chi connectivity index (χ1v) is 11.0. The van der Waals surface area contributed by atoms with E-state index in [1.54, 1.807) is 25.5 Å². The summed E-state index contributed by atoms with van der Waals surface area (Å²) >= 11 is 4.86. The summed E-state index contributed by atoms with van der Waals surface area (Å²) in [5.74, 6) is 1.04. The van der Waals surface area contributed by atoms with Crippen molar-refractivity contribution in [3.63, 3.8) is 0 Å². The first-order chi connectivity index (χ1) is 15.1. The van der Waals surface area contributed by atoms with Gasteiger partial charge in [0.15, 0.2) is 6.61 Å². The number of carbonyl (C=O) groups is 1. The molecule has 0 aliphatic rings. The van der Waals surface area contributed by atoms with Crippen molar-refractivity contribution in [3.8, 4) is 11.5 Å². The summed E-state index contributed by atoms with van der Waals surface area (Å²) in [6, 6.07) is 22.4. The minimum atomic E-state index is -0.327. The molecule has 0 saturated carbocycles. The van der Waals surface area contributed by atoms with E-state index in [4.69, 9.17) is 9.47 Å². The van der Waals surface area contributed by atoms with E-state index in [0.717, 1.165) is 26.0 Å². The maximum Gasteiger partial charge on any atom is 0.287 e. The normalized spacial score (nSPS) is 11.0. The largest absolute Gasteiger partial charge is 0.497 e. The number of thiazole rings is 1. The Balaban J connectivity index is 1.61. The summed E-state index contributed by atoms with van der Waals surface area (Å²) in [5.41, 5.74) is 1.62. The lowest BCUT2D eigenvalue weighted by atomic mass is 10.2. The lowest BCUT2D eigenvalue weighted by Crippen LogP contribution is -2.30. The van der Waals surface area contributed by atoms with E-state index in [1.165, 1.54) is 16.3 Å². The Labute approximate surface area is 191 Å². The molecule has 0 N–H and O–H groups in total. The minimum absolute atomic E-state index is 0.163. The second kappa shape index (κ2) is 9.72. The highest BCUT2D eigenvalue weighted by Gasteiger charge is 2.20. The Kier molecular flexibility index (Phi) is 6.59. The molecule has 0 aliphatic carbocycles. The number of amides is 1. The van der Waals surface area contributed by atoms with Crippen molar-refractivity contribution in [2.24, 2.45) is 5.10 Å². The van der Waals surface area contributed by atoms with Crippen molar-refractivity contribution >= 4 is 54.7 Å². The molecule has 3 aromatic carbocycles. The number of hydrogen-bond acceptors (Lipinski definition) is 6. The van der Waals surface area contributed by atoms with E-state index in [2.05, 4.69) is 26.0 Å². The number of nitrogens with zero attached hydrogens (tertiary/aromatic N) is 3. The van der Waals surface area contributed by atoms with Gasteiger partial charge in [0.25, 0.3) is 5.91 Å². The van der Waals surface area contributed by atoms with E-state index < -0.39 is 0 Å². The molecule has 1 heterocycles. The van der Waals surface area contributed by atoms with Crippen LogP contribution in [0.3, 0.4) is 0 Å². The average Bonchev–Trinajstić information content (AvgIpc) is 3.21. The minimum Gasteiger partial charge on any atom is -0.497 e. The van der Waals surface area contributed by atoms with Crippen LogP contribution in [-0.2, 0) is 4.79 Å². The number of hydrogen-bond donors (Lipinski definition) is 0. The summed E-state index contributed by atoms with van der Waals surface area (Å²) in [6.45, 7) is -0.163. The van der Waals surface area contributed by atoms with Crippen molar-refractivity contribution in [2.75, 3.05) is 18.7 Å². The molecule has 31 heavy (non-hydrogen) atoms. The van der Waals surface area contributed by atoms with Crippen molar-refractivity contribution in [3.05, 3.63) is 82.8 Å². The second-order valence-electron chi connectivity index (χ2n) is 6.43. The predicted molar refractivity (Wildman–Crippen MR) is 127 cm³/mol. The highest BCUT2D eigenvalue weighted by molar-refractivity contribution is 9.10. The van der Waals surface area contributed by atoms with Gasteiger partial charge in [-0.3, -0.25) is 4.79 Å². The first-order valence-electron chi connectivity index (χ1n) is 9.37. The highest BCUT2D eigenvalue weighted by Crippen LogP contribution is 2.31. The lowest BCUT2D eigenvalue weighted by Gasteiger charge is -2.14. The average molecular weight is 496 g/mol. The van der Waals surface area contributed by atoms with Crippen molar-refractivity contribution in [1.82, 2.24) is 4.98 Å². The molecule has 0 radical (unpaired) electrons.